The summed E-state index contributed by atoms with van der Waals surface area (Å²) in [4.78, 5) is 0. The van der Waals surface area contributed by atoms with Crippen molar-refractivity contribution in [3.8, 4) is 11.3 Å². The SMILES string of the molecule is Cc1ccc(-c2cccc(Cl)c2)nn1. The minimum Gasteiger partial charge on any atom is -0.155 e. The summed E-state index contributed by atoms with van der Waals surface area (Å²) in [5, 5.41) is 8.79. The molecule has 0 N–H and O–H groups in total. The lowest BCUT2D eigenvalue weighted by Crippen LogP contribution is -1.89. The number of benzene rings is 1. The van der Waals surface area contributed by atoms with Crippen molar-refractivity contribution in [3.63, 3.8) is 0 Å². The van der Waals surface area contributed by atoms with Crippen LogP contribution >= 0.6 is 11.6 Å². The first-order chi connectivity index (χ1) is 6.75. The van der Waals surface area contributed by atoms with Gasteiger partial charge in [0.15, 0.2) is 0 Å². The topological polar surface area (TPSA) is 25.8 Å². The maximum Gasteiger partial charge on any atom is 0.0930 e. The Bertz CT molecular complexity index is 437. The first-order valence-corrected chi connectivity index (χ1v) is 4.70. The Kier molecular flexibility index (Phi) is 2.46. The van der Waals surface area contributed by atoms with Crippen molar-refractivity contribution in [2.24, 2.45) is 0 Å². The number of rotatable bonds is 1. The highest BCUT2D eigenvalue weighted by atomic mass is 35.5. The molecule has 0 aliphatic carbocycles. The Hall–Kier alpha value is -1.41. The van der Waals surface area contributed by atoms with E-state index >= 15 is 0 Å². The summed E-state index contributed by atoms with van der Waals surface area (Å²) in [6, 6.07) is 11.5. The fourth-order valence-corrected chi connectivity index (χ4v) is 1.39. The van der Waals surface area contributed by atoms with Gasteiger partial charge in [-0.05, 0) is 31.2 Å². The molecule has 14 heavy (non-hydrogen) atoms. The molecule has 1 aromatic carbocycles. The lowest BCUT2D eigenvalue weighted by atomic mass is 10.1. The lowest BCUT2D eigenvalue weighted by molar-refractivity contribution is 0.987. The van der Waals surface area contributed by atoms with E-state index in [-0.39, 0.29) is 0 Å². The molecule has 0 amide bonds. The molecular weight excluding hydrogens is 196 g/mol. The fraction of sp³-hybridized carbons (Fsp3) is 0.0909. The highest BCUT2D eigenvalue weighted by Gasteiger charge is 1.99. The van der Waals surface area contributed by atoms with Crippen LogP contribution in [0.15, 0.2) is 36.4 Å². The second kappa shape index (κ2) is 3.76. The molecule has 3 heteroatoms. The van der Waals surface area contributed by atoms with Crippen LogP contribution in [0.4, 0.5) is 0 Å². The van der Waals surface area contributed by atoms with Gasteiger partial charge in [-0.15, -0.1) is 0 Å². The fourth-order valence-electron chi connectivity index (χ4n) is 1.20. The van der Waals surface area contributed by atoms with Gasteiger partial charge in [0.05, 0.1) is 11.4 Å². The third-order valence-corrected chi connectivity index (χ3v) is 2.15. The number of hydrogen-bond donors (Lipinski definition) is 0. The first-order valence-electron chi connectivity index (χ1n) is 4.32. The highest BCUT2D eigenvalue weighted by Crippen LogP contribution is 2.19. The zero-order valence-electron chi connectivity index (χ0n) is 7.74. The van der Waals surface area contributed by atoms with Gasteiger partial charge in [-0.3, -0.25) is 0 Å². The smallest absolute Gasteiger partial charge is 0.0930 e. The van der Waals surface area contributed by atoms with Crippen LogP contribution in [0.1, 0.15) is 5.69 Å². The Morgan fingerprint density at radius 2 is 1.93 bits per heavy atom. The van der Waals surface area contributed by atoms with Crippen molar-refractivity contribution in [2.75, 3.05) is 0 Å². The van der Waals surface area contributed by atoms with Gasteiger partial charge in [-0.2, -0.15) is 10.2 Å². The van der Waals surface area contributed by atoms with Crippen LogP contribution in [-0.2, 0) is 0 Å². The predicted octanol–water partition coefficient (Wildman–Crippen LogP) is 3.11. The second-order valence-corrected chi connectivity index (χ2v) is 3.51. The van der Waals surface area contributed by atoms with Crippen molar-refractivity contribution in [3.05, 3.63) is 47.1 Å². The lowest BCUT2D eigenvalue weighted by Gasteiger charge is -2.00. The van der Waals surface area contributed by atoms with Crippen LogP contribution in [0.2, 0.25) is 5.02 Å². The Labute approximate surface area is 87.6 Å². The Morgan fingerprint density at radius 1 is 1.07 bits per heavy atom. The van der Waals surface area contributed by atoms with Crippen LogP contribution in [0.5, 0.6) is 0 Å². The quantitative estimate of drug-likeness (QED) is 0.714. The monoisotopic (exact) mass is 204 g/mol. The van der Waals surface area contributed by atoms with E-state index in [4.69, 9.17) is 11.6 Å². The molecule has 0 saturated heterocycles. The average molecular weight is 205 g/mol. The summed E-state index contributed by atoms with van der Waals surface area (Å²) in [5.41, 5.74) is 2.75. The van der Waals surface area contributed by atoms with Crippen LogP contribution in [0.25, 0.3) is 11.3 Å². The molecule has 0 fully saturated rings. The summed E-state index contributed by atoms with van der Waals surface area (Å²) < 4.78 is 0. The van der Waals surface area contributed by atoms with Crippen molar-refractivity contribution in [2.45, 2.75) is 6.92 Å². The molecule has 70 valence electrons. The highest BCUT2D eigenvalue weighted by molar-refractivity contribution is 6.30. The maximum atomic E-state index is 5.88. The van der Waals surface area contributed by atoms with Gasteiger partial charge in [-0.1, -0.05) is 23.7 Å². The molecule has 2 aromatic rings. The molecular formula is C11H9ClN2. The minimum absolute atomic E-state index is 0.713. The summed E-state index contributed by atoms with van der Waals surface area (Å²) in [5.74, 6) is 0. The molecule has 0 aliphatic rings. The van der Waals surface area contributed by atoms with Crippen LogP contribution in [0.3, 0.4) is 0 Å². The number of aryl methyl sites for hydroxylation is 1. The zero-order chi connectivity index (χ0) is 9.97. The standard InChI is InChI=1S/C11H9ClN2/c1-8-5-6-11(14-13-8)9-3-2-4-10(12)7-9/h2-7H,1H3. The number of halogens is 1. The van der Waals surface area contributed by atoms with Gasteiger partial charge in [-0.25, -0.2) is 0 Å². The van der Waals surface area contributed by atoms with E-state index < -0.39 is 0 Å². The van der Waals surface area contributed by atoms with Gasteiger partial charge in [0, 0.05) is 10.6 Å². The molecule has 0 aliphatic heterocycles. The third kappa shape index (κ3) is 1.91. The Balaban J connectivity index is 2.44. The van der Waals surface area contributed by atoms with Gasteiger partial charge in [0.1, 0.15) is 0 Å². The van der Waals surface area contributed by atoms with Crippen molar-refractivity contribution >= 4 is 11.6 Å². The molecule has 1 heterocycles. The number of hydrogen-bond acceptors (Lipinski definition) is 2. The van der Waals surface area contributed by atoms with Crippen molar-refractivity contribution in [1.82, 2.24) is 10.2 Å². The van der Waals surface area contributed by atoms with Gasteiger partial charge in [0.2, 0.25) is 0 Å². The van der Waals surface area contributed by atoms with Crippen LogP contribution < -0.4 is 0 Å². The van der Waals surface area contributed by atoms with E-state index in [1.165, 1.54) is 0 Å². The number of aromatic nitrogens is 2. The molecule has 0 bridgehead atoms. The summed E-state index contributed by atoms with van der Waals surface area (Å²) >= 11 is 5.88. The average Bonchev–Trinajstić information content (AvgIpc) is 2.19. The van der Waals surface area contributed by atoms with Gasteiger partial charge >= 0.3 is 0 Å². The van der Waals surface area contributed by atoms with E-state index in [9.17, 15) is 0 Å². The summed E-state index contributed by atoms with van der Waals surface area (Å²) in [6.45, 7) is 1.91. The number of nitrogens with zero attached hydrogens (tertiary/aromatic N) is 2. The summed E-state index contributed by atoms with van der Waals surface area (Å²) in [6.07, 6.45) is 0. The van der Waals surface area contributed by atoms with Crippen molar-refractivity contribution in [1.29, 1.82) is 0 Å². The second-order valence-electron chi connectivity index (χ2n) is 3.07. The van der Waals surface area contributed by atoms with E-state index in [1.807, 2.05) is 43.3 Å². The molecule has 0 saturated carbocycles. The molecule has 0 spiro atoms. The summed E-state index contributed by atoms with van der Waals surface area (Å²) in [7, 11) is 0. The molecule has 0 unspecified atom stereocenters. The molecule has 1 aromatic heterocycles. The van der Waals surface area contributed by atoms with Gasteiger partial charge in [0.25, 0.3) is 0 Å². The van der Waals surface area contributed by atoms with Crippen LogP contribution in [0, 0.1) is 6.92 Å². The van der Waals surface area contributed by atoms with E-state index in [2.05, 4.69) is 10.2 Å². The Morgan fingerprint density at radius 3 is 2.57 bits per heavy atom. The zero-order valence-corrected chi connectivity index (χ0v) is 8.49. The normalized spacial score (nSPS) is 10.1. The third-order valence-electron chi connectivity index (χ3n) is 1.92. The van der Waals surface area contributed by atoms with Gasteiger partial charge < -0.3 is 0 Å². The molecule has 2 nitrogen and oxygen atoms in total. The molecule has 2 rings (SSSR count). The predicted molar refractivity (Wildman–Crippen MR) is 57.2 cm³/mol. The van der Waals surface area contributed by atoms with E-state index in [0.29, 0.717) is 5.02 Å². The van der Waals surface area contributed by atoms with E-state index in [1.54, 1.807) is 0 Å². The molecule has 0 atom stereocenters. The minimum atomic E-state index is 0.713. The van der Waals surface area contributed by atoms with Crippen LogP contribution in [-0.4, -0.2) is 10.2 Å². The maximum absolute atomic E-state index is 5.88. The first kappa shape index (κ1) is 9.16. The van der Waals surface area contributed by atoms with E-state index in [0.717, 1.165) is 17.0 Å². The van der Waals surface area contributed by atoms with Crippen molar-refractivity contribution < 1.29 is 0 Å². The largest absolute Gasteiger partial charge is 0.155 e. The molecule has 0 radical (unpaired) electrons.